The molecule has 2 amide bonds. The van der Waals surface area contributed by atoms with Crippen molar-refractivity contribution in [1.82, 2.24) is 26.2 Å². The average molecular weight is 676 g/mol. The van der Waals surface area contributed by atoms with E-state index in [2.05, 4.69) is 26.6 Å². The highest BCUT2D eigenvalue weighted by Gasteiger charge is 2.26. The molecule has 0 saturated carbocycles. The molecule has 5 rings (SSSR count). The average Bonchev–Trinajstić information content (AvgIpc) is 3.54. The van der Waals surface area contributed by atoms with Crippen LogP contribution in [0.2, 0.25) is 20.1 Å². The van der Waals surface area contributed by atoms with Gasteiger partial charge in [-0.15, -0.1) is 0 Å². The Morgan fingerprint density at radius 3 is 1.52 bits per heavy atom. The zero-order valence-electron chi connectivity index (χ0n) is 23.8. The molecule has 0 aliphatic carbocycles. The summed E-state index contributed by atoms with van der Waals surface area (Å²) in [7, 11) is 3.42. The highest BCUT2D eigenvalue weighted by atomic mass is 35.5. The number of nitrogens with one attached hydrogen (secondary N) is 3. The molecule has 0 aliphatic heterocycles. The maximum atomic E-state index is 12.6. The van der Waals surface area contributed by atoms with Gasteiger partial charge in [-0.2, -0.15) is 0 Å². The molecule has 0 spiro atoms. The van der Waals surface area contributed by atoms with Gasteiger partial charge in [-0.3, -0.25) is 25.9 Å². The van der Waals surface area contributed by atoms with E-state index in [9.17, 15) is 9.59 Å². The third-order valence-electron chi connectivity index (χ3n) is 6.00. The normalized spacial score (nSPS) is 10.7. The molecule has 3 N–H and O–H groups in total. The number of benzene rings is 3. The summed E-state index contributed by atoms with van der Waals surface area (Å²) in [5, 5.41) is 11.0. The van der Waals surface area contributed by atoms with Gasteiger partial charge in [0.25, 0.3) is 11.8 Å². The van der Waals surface area contributed by atoms with Crippen LogP contribution in [0, 0.1) is 13.8 Å². The van der Waals surface area contributed by atoms with Crippen molar-refractivity contribution in [1.29, 1.82) is 0 Å². The molecule has 10 nitrogen and oxygen atoms in total. The topological polar surface area (TPSA) is 126 Å². The highest BCUT2D eigenvalue weighted by molar-refractivity contribution is 6.40. The number of halogens is 4. The first-order chi connectivity index (χ1) is 21.0. The van der Waals surface area contributed by atoms with Crippen LogP contribution in [0.25, 0.3) is 22.5 Å². The monoisotopic (exact) mass is 674 g/mol. The molecule has 0 bridgehead atoms. The van der Waals surface area contributed by atoms with Gasteiger partial charge < -0.3 is 9.05 Å². The van der Waals surface area contributed by atoms with Crippen LogP contribution in [-0.4, -0.2) is 41.2 Å². The Kier molecular flexibility index (Phi) is 10.9. The number of nitrogens with zero attached hydrogens (tertiary/aromatic N) is 3. The lowest BCUT2D eigenvalue weighted by atomic mass is 10.1. The van der Waals surface area contributed by atoms with Crippen LogP contribution in [0.15, 0.2) is 75.8 Å². The number of para-hydroxylation sites is 1. The molecule has 0 saturated heterocycles. The van der Waals surface area contributed by atoms with Gasteiger partial charge in [0.2, 0.25) is 0 Å². The summed E-state index contributed by atoms with van der Waals surface area (Å²) < 4.78 is 10.3. The van der Waals surface area contributed by atoms with Gasteiger partial charge in [0.1, 0.15) is 34.0 Å². The number of aryl methyl sites for hydroxylation is 2. The first-order valence-corrected chi connectivity index (χ1v) is 14.4. The maximum absolute atomic E-state index is 12.6. The van der Waals surface area contributed by atoms with Gasteiger partial charge in [-0.05, 0) is 50.2 Å². The SMILES string of the molecule is Cc1onc(-c2c(Cl)cccc2Cl)c1C(=O)NN(C)C.Cc1onc(-c2c(Cl)cccc2Cl)c1C(=O)NNc1ccccc1. The van der Waals surface area contributed by atoms with Crippen LogP contribution in [0.1, 0.15) is 32.2 Å². The summed E-state index contributed by atoms with van der Waals surface area (Å²) in [6.07, 6.45) is 0. The number of rotatable bonds is 7. The fourth-order valence-corrected chi connectivity index (χ4v) is 5.19. The third kappa shape index (κ3) is 7.53. The molecule has 0 atom stereocenters. The minimum Gasteiger partial charge on any atom is -0.360 e. The summed E-state index contributed by atoms with van der Waals surface area (Å²) >= 11 is 24.7. The predicted molar refractivity (Wildman–Crippen MR) is 172 cm³/mol. The number of hydrogen-bond donors (Lipinski definition) is 3. The molecule has 44 heavy (non-hydrogen) atoms. The molecule has 2 heterocycles. The molecule has 14 heteroatoms. The predicted octanol–water partition coefficient (Wildman–Crippen LogP) is 7.88. The van der Waals surface area contributed by atoms with Crippen molar-refractivity contribution >= 4 is 63.9 Å². The summed E-state index contributed by atoms with van der Waals surface area (Å²) in [4.78, 5) is 24.8. The smallest absolute Gasteiger partial charge is 0.275 e. The fourth-order valence-electron chi connectivity index (χ4n) is 4.04. The Morgan fingerprint density at radius 1 is 0.659 bits per heavy atom. The van der Waals surface area contributed by atoms with Crippen LogP contribution < -0.4 is 16.3 Å². The fraction of sp³-hybridized carbons (Fsp3) is 0.133. The Labute approximate surface area is 273 Å². The van der Waals surface area contributed by atoms with E-state index in [1.54, 1.807) is 64.3 Å². The van der Waals surface area contributed by atoms with Crippen molar-refractivity contribution in [3.8, 4) is 22.5 Å². The molecule has 2 aromatic heterocycles. The lowest BCUT2D eigenvalue weighted by molar-refractivity contribution is 0.0855. The van der Waals surface area contributed by atoms with Crippen LogP contribution in [0.3, 0.4) is 0 Å². The second-order valence-electron chi connectivity index (χ2n) is 9.40. The highest BCUT2D eigenvalue weighted by Crippen LogP contribution is 2.38. The number of hydrazine groups is 2. The third-order valence-corrected chi connectivity index (χ3v) is 7.26. The van der Waals surface area contributed by atoms with Gasteiger partial charge in [0.15, 0.2) is 0 Å². The van der Waals surface area contributed by atoms with Crippen molar-refractivity contribution in [3.05, 3.63) is 109 Å². The number of amides is 2. The minimum atomic E-state index is -0.399. The van der Waals surface area contributed by atoms with Crippen molar-refractivity contribution < 1.29 is 18.6 Å². The zero-order chi connectivity index (χ0) is 32.0. The zero-order valence-corrected chi connectivity index (χ0v) is 26.9. The minimum absolute atomic E-state index is 0.272. The van der Waals surface area contributed by atoms with E-state index < -0.39 is 5.91 Å². The Hall–Kier alpha value is -4.06. The van der Waals surface area contributed by atoms with Gasteiger partial charge in [-0.25, -0.2) is 5.01 Å². The van der Waals surface area contributed by atoms with E-state index >= 15 is 0 Å². The Morgan fingerprint density at radius 2 is 1.09 bits per heavy atom. The lowest BCUT2D eigenvalue weighted by Gasteiger charge is -2.12. The standard InChI is InChI=1S/C17H13Cl2N3O2.C13H13Cl2N3O2/c1-10-14(17(23)21-20-11-6-3-2-4-7-11)16(22-24-10)15-12(18)8-5-9-13(15)19;1-7-10(13(19)16-18(2)3)12(17-20-7)11-8(14)5-4-6-9(11)15/h2-9,20H,1H3,(H,21,23);4-6H,1-3H3,(H,16,19). The second-order valence-corrected chi connectivity index (χ2v) is 11.0. The summed E-state index contributed by atoms with van der Waals surface area (Å²) in [6.45, 7) is 3.31. The van der Waals surface area contributed by atoms with Gasteiger partial charge in [-0.1, -0.05) is 87.0 Å². The summed E-state index contributed by atoms with van der Waals surface area (Å²) in [5.41, 5.74) is 11.0. The van der Waals surface area contributed by atoms with Crippen LogP contribution >= 0.6 is 46.4 Å². The van der Waals surface area contributed by atoms with E-state index in [1.807, 2.05) is 30.3 Å². The van der Waals surface area contributed by atoms with E-state index in [4.69, 9.17) is 55.4 Å². The van der Waals surface area contributed by atoms with E-state index in [1.165, 1.54) is 5.01 Å². The molecule has 0 fully saturated rings. The number of anilines is 1. The van der Waals surface area contributed by atoms with Crippen molar-refractivity contribution in [2.45, 2.75) is 13.8 Å². The number of aromatic nitrogens is 2. The van der Waals surface area contributed by atoms with E-state index in [0.29, 0.717) is 59.7 Å². The summed E-state index contributed by atoms with van der Waals surface area (Å²) in [6, 6.07) is 19.4. The number of hydrogen-bond acceptors (Lipinski definition) is 8. The molecule has 3 aromatic carbocycles. The van der Waals surface area contributed by atoms with E-state index in [-0.39, 0.29) is 11.5 Å². The molecular formula is C30H26Cl4N6O4. The lowest BCUT2D eigenvalue weighted by Crippen LogP contribution is -2.36. The molecule has 0 unspecified atom stereocenters. The van der Waals surface area contributed by atoms with Crippen LogP contribution in [-0.2, 0) is 0 Å². The number of carbonyl (C=O) groups excluding carboxylic acids is 2. The van der Waals surface area contributed by atoms with Crippen LogP contribution in [0.5, 0.6) is 0 Å². The first kappa shape index (κ1) is 32.8. The summed E-state index contributed by atoms with van der Waals surface area (Å²) in [5.74, 6) is 0.0343. The van der Waals surface area contributed by atoms with Crippen molar-refractivity contribution in [3.63, 3.8) is 0 Å². The van der Waals surface area contributed by atoms with Gasteiger partial charge in [0.05, 0.1) is 25.8 Å². The molecule has 228 valence electrons. The quantitative estimate of drug-likeness (QED) is 0.149. The van der Waals surface area contributed by atoms with Crippen LogP contribution in [0.4, 0.5) is 5.69 Å². The number of carbonyl (C=O) groups is 2. The van der Waals surface area contributed by atoms with Crippen molar-refractivity contribution in [2.24, 2.45) is 0 Å². The van der Waals surface area contributed by atoms with Gasteiger partial charge >= 0.3 is 0 Å². The van der Waals surface area contributed by atoms with E-state index in [0.717, 1.165) is 5.69 Å². The molecular weight excluding hydrogens is 650 g/mol. The molecule has 5 aromatic rings. The Bertz CT molecular complexity index is 1750. The van der Waals surface area contributed by atoms with Crippen molar-refractivity contribution in [2.75, 3.05) is 19.5 Å². The molecule has 0 radical (unpaired) electrons. The molecule has 0 aliphatic rings. The Balaban J connectivity index is 0.000000204. The largest absolute Gasteiger partial charge is 0.360 e. The first-order valence-electron chi connectivity index (χ1n) is 12.9. The second kappa shape index (κ2) is 14.6. The van der Waals surface area contributed by atoms with Gasteiger partial charge in [0, 0.05) is 25.2 Å². The maximum Gasteiger partial charge on any atom is 0.275 e.